The summed E-state index contributed by atoms with van der Waals surface area (Å²) in [5.74, 6) is -1.75. The van der Waals surface area contributed by atoms with Crippen molar-refractivity contribution in [2.24, 2.45) is 5.41 Å². The lowest BCUT2D eigenvalue weighted by molar-refractivity contribution is -0.117. The molecule has 18 heavy (non-hydrogen) atoms. The molecule has 0 atom stereocenters. The van der Waals surface area contributed by atoms with E-state index >= 15 is 0 Å². The molecule has 0 fully saturated rings. The predicted molar refractivity (Wildman–Crippen MR) is 67.8 cm³/mol. The summed E-state index contributed by atoms with van der Waals surface area (Å²) >= 11 is 0. The summed E-state index contributed by atoms with van der Waals surface area (Å²) in [7, 11) is 0. The third-order valence-electron chi connectivity index (χ3n) is 2.20. The van der Waals surface area contributed by atoms with Gasteiger partial charge < -0.3 is 15.5 Å². The molecule has 0 saturated heterocycles. The van der Waals surface area contributed by atoms with Crippen LogP contribution in [0, 0.1) is 5.41 Å². The lowest BCUT2D eigenvalue weighted by Crippen LogP contribution is -2.19. The number of aromatic carboxylic acids is 1. The summed E-state index contributed by atoms with van der Waals surface area (Å²) in [4.78, 5) is 22.3. The Morgan fingerprint density at radius 2 is 1.89 bits per heavy atom. The van der Waals surface area contributed by atoms with Crippen LogP contribution in [-0.2, 0) is 4.79 Å². The topological polar surface area (TPSA) is 86.6 Å². The molecule has 5 nitrogen and oxygen atoms in total. The summed E-state index contributed by atoms with van der Waals surface area (Å²) < 4.78 is 0. The molecule has 0 aromatic heterocycles. The number of carbonyl (C=O) groups is 2. The minimum absolute atomic E-state index is 0.132. The van der Waals surface area contributed by atoms with Crippen LogP contribution in [0.5, 0.6) is 5.75 Å². The number of rotatable bonds is 3. The Kier molecular flexibility index (Phi) is 3.96. The fourth-order valence-electron chi connectivity index (χ4n) is 1.48. The highest BCUT2D eigenvalue weighted by molar-refractivity contribution is 5.94. The van der Waals surface area contributed by atoms with Gasteiger partial charge in [-0.05, 0) is 17.5 Å². The van der Waals surface area contributed by atoms with Crippen molar-refractivity contribution in [1.29, 1.82) is 0 Å². The highest BCUT2D eigenvalue weighted by Gasteiger charge is 2.16. The van der Waals surface area contributed by atoms with Gasteiger partial charge in [0.05, 0.1) is 0 Å². The van der Waals surface area contributed by atoms with Crippen molar-refractivity contribution in [2.45, 2.75) is 27.2 Å². The van der Waals surface area contributed by atoms with Gasteiger partial charge in [0.25, 0.3) is 0 Å². The fraction of sp³-hybridized carbons (Fsp3) is 0.385. The molecule has 1 aromatic carbocycles. The van der Waals surface area contributed by atoms with Crippen LogP contribution in [0.4, 0.5) is 5.69 Å². The first-order chi connectivity index (χ1) is 8.19. The second kappa shape index (κ2) is 5.08. The van der Waals surface area contributed by atoms with E-state index in [1.807, 2.05) is 20.8 Å². The average molecular weight is 251 g/mol. The molecule has 0 saturated carbocycles. The summed E-state index contributed by atoms with van der Waals surface area (Å²) in [6, 6.07) is 3.93. The molecular formula is C13H17NO4. The number of amides is 1. The lowest BCUT2D eigenvalue weighted by Gasteiger charge is -2.17. The van der Waals surface area contributed by atoms with Crippen molar-refractivity contribution in [1.82, 2.24) is 0 Å². The van der Waals surface area contributed by atoms with Crippen LogP contribution >= 0.6 is 0 Å². The third-order valence-corrected chi connectivity index (χ3v) is 2.20. The quantitative estimate of drug-likeness (QED) is 0.770. The first-order valence-electron chi connectivity index (χ1n) is 5.55. The average Bonchev–Trinajstić information content (AvgIpc) is 2.13. The smallest absolute Gasteiger partial charge is 0.339 e. The zero-order chi connectivity index (χ0) is 13.9. The van der Waals surface area contributed by atoms with Gasteiger partial charge in [-0.2, -0.15) is 0 Å². The maximum Gasteiger partial charge on any atom is 0.339 e. The number of carboxylic acid groups (broad SMARTS) is 1. The third kappa shape index (κ3) is 4.08. The Morgan fingerprint density at radius 1 is 1.28 bits per heavy atom. The minimum Gasteiger partial charge on any atom is -0.507 e. The van der Waals surface area contributed by atoms with Gasteiger partial charge in [-0.25, -0.2) is 4.79 Å². The van der Waals surface area contributed by atoms with Gasteiger partial charge in [-0.15, -0.1) is 0 Å². The van der Waals surface area contributed by atoms with Gasteiger partial charge in [-0.3, -0.25) is 4.79 Å². The van der Waals surface area contributed by atoms with E-state index in [9.17, 15) is 14.7 Å². The van der Waals surface area contributed by atoms with Crippen LogP contribution in [0.2, 0.25) is 0 Å². The predicted octanol–water partition coefficient (Wildman–Crippen LogP) is 2.47. The Hall–Kier alpha value is -2.04. The van der Waals surface area contributed by atoms with E-state index in [0.717, 1.165) is 0 Å². The number of carbonyl (C=O) groups excluding carboxylic acids is 1. The fourth-order valence-corrected chi connectivity index (χ4v) is 1.48. The first kappa shape index (κ1) is 14.0. The standard InChI is InChI=1S/C13H17NO4/c1-13(2,3)7-11(16)14-8-4-5-9(12(17)18)10(15)6-8/h4-6,15H,7H2,1-3H3,(H,14,16)(H,17,18). The molecule has 0 unspecified atom stereocenters. The molecule has 0 heterocycles. The van der Waals surface area contributed by atoms with Gasteiger partial charge in [0.15, 0.2) is 0 Å². The molecule has 5 heteroatoms. The molecular weight excluding hydrogens is 234 g/mol. The monoisotopic (exact) mass is 251 g/mol. The number of hydrogen-bond acceptors (Lipinski definition) is 3. The van der Waals surface area contributed by atoms with Crippen molar-refractivity contribution in [3.8, 4) is 5.75 Å². The number of phenols is 1. The summed E-state index contributed by atoms with van der Waals surface area (Å²) in [6.45, 7) is 5.83. The molecule has 0 bridgehead atoms. The molecule has 0 aliphatic carbocycles. The molecule has 1 aromatic rings. The Balaban J connectivity index is 2.78. The molecule has 1 rings (SSSR count). The Morgan fingerprint density at radius 3 is 2.33 bits per heavy atom. The van der Waals surface area contributed by atoms with Crippen molar-refractivity contribution in [2.75, 3.05) is 5.32 Å². The second-order valence-electron chi connectivity index (χ2n) is 5.32. The highest BCUT2D eigenvalue weighted by Crippen LogP contribution is 2.23. The second-order valence-corrected chi connectivity index (χ2v) is 5.32. The van der Waals surface area contributed by atoms with Crippen LogP contribution in [0.1, 0.15) is 37.6 Å². The molecule has 0 aliphatic rings. The summed E-state index contributed by atoms with van der Waals surface area (Å²) in [5.41, 5.74) is 0.0585. The molecule has 3 N–H and O–H groups in total. The number of nitrogens with one attached hydrogen (secondary N) is 1. The minimum atomic E-state index is -1.21. The van der Waals surface area contributed by atoms with Crippen molar-refractivity contribution in [3.63, 3.8) is 0 Å². The molecule has 1 amide bonds. The van der Waals surface area contributed by atoms with Crippen molar-refractivity contribution >= 4 is 17.6 Å². The van der Waals surface area contributed by atoms with Gasteiger partial charge in [0, 0.05) is 18.2 Å². The Labute approximate surface area is 105 Å². The van der Waals surface area contributed by atoms with E-state index < -0.39 is 5.97 Å². The van der Waals surface area contributed by atoms with Gasteiger partial charge >= 0.3 is 5.97 Å². The van der Waals surface area contributed by atoms with E-state index in [4.69, 9.17) is 5.11 Å². The largest absolute Gasteiger partial charge is 0.507 e. The van der Waals surface area contributed by atoms with Gasteiger partial charge in [-0.1, -0.05) is 20.8 Å². The molecule has 0 spiro atoms. The number of aromatic hydroxyl groups is 1. The van der Waals surface area contributed by atoms with Crippen molar-refractivity contribution < 1.29 is 19.8 Å². The number of hydrogen-bond donors (Lipinski definition) is 3. The maximum atomic E-state index is 11.6. The first-order valence-corrected chi connectivity index (χ1v) is 5.55. The number of anilines is 1. The van der Waals surface area contributed by atoms with Crippen LogP contribution in [0.15, 0.2) is 18.2 Å². The van der Waals surface area contributed by atoms with Crippen molar-refractivity contribution in [3.05, 3.63) is 23.8 Å². The van der Waals surface area contributed by atoms with Gasteiger partial charge in [0.1, 0.15) is 11.3 Å². The van der Waals surface area contributed by atoms with E-state index in [-0.39, 0.29) is 22.6 Å². The number of carboxylic acids is 1. The highest BCUT2D eigenvalue weighted by atomic mass is 16.4. The number of benzene rings is 1. The molecule has 0 aliphatic heterocycles. The van der Waals surface area contributed by atoms with Gasteiger partial charge in [0.2, 0.25) is 5.91 Å². The van der Waals surface area contributed by atoms with E-state index in [1.54, 1.807) is 0 Å². The van der Waals surface area contributed by atoms with E-state index in [0.29, 0.717) is 12.1 Å². The van der Waals surface area contributed by atoms with E-state index in [1.165, 1.54) is 18.2 Å². The van der Waals surface area contributed by atoms with Crippen LogP contribution in [-0.4, -0.2) is 22.1 Å². The zero-order valence-electron chi connectivity index (χ0n) is 10.7. The van der Waals surface area contributed by atoms with E-state index in [2.05, 4.69) is 5.32 Å². The maximum absolute atomic E-state index is 11.6. The normalized spacial score (nSPS) is 11.1. The zero-order valence-corrected chi connectivity index (χ0v) is 10.7. The summed E-state index contributed by atoms with van der Waals surface area (Å²) in [5, 5.41) is 20.8. The van der Waals surface area contributed by atoms with Crippen LogP contribution in [0.25, 0.3) is 0 Å². The summed E-state index contributed by atoms with van der Waals surface area (Å²) in [6.07, 6.45) is 0.342. The van der Waals surface area contributed by atoms with Crippen LogP contribution < -0.4 is 5.32 Å². The SMILES string of the molecule is CC(C)(C)CC(=O)Nc1ccc(C(=O)O)c(O)c1. The molecule has 0 radical (unpaired) electrons. The lowest BCUT2D eigenvalue weighted by atomic mass is 9.92. The molecule has 98 valence electrons. The van der Waals surface area contributed by atoms with Crippen LogP contribution in [0.3, 0.4) is 0 Å². The Bertz CT molecular complexity index is 474.